The van der Waals surface area contributed by atoms with Crippen LogP contribution in [0.1, 0.15) is 35.0 Å². The molecular weight excluding hydrogens is 370 g/mol. The molecule has 1 unspecified atom stereocenters. The van der Waals surface area contributed by atoms with E-state index in [4.69, 9.17) is 9.94 Å². The van der Waals surface area contributed by atoms with Crippen molar-refractivity contribution in [3.05, 3.63) is 71.4 Å². The maximum Gasteiger partial charge on any atom is 0.251 e. The minimum atomic E-state index is -0.555. The van der Waals surface area contributed by atoms with Gasteiger partial charge in [0, 0.05) is 34.7 Å². The van der Waals surface area contributed by atoms with Gasteiger partial charge < -0.3 is 10.1 Å². The summed E-state index contributed by atoms with van der Waals surface area (Å²) in [7, 11) is 0. The van der Waals surface area contributed by atoms with Crippen molar-refractivity contribution >= 4 is 22.7 Å². The predicted octanol–water partition coefficient (Wildman–Crippen LogP) is 3.14. The van der Waals surface area contributed by atoms with Crippen LogP contribution in [0.25, 0.3) is 10.9 Å². The molecule has 0 aliphatic heterocycles. The number of fused-ring (bicyclic) bond motifs is 1. The van der Waals surface area contributed by atoms with Crippen molar-refractivity contribution in [3.63, 3.8) is 0 Å². The van der Waals surface area contributed by atoms with E-state index < -0.39 is 11.9 Å². The van der Waals surface area contributed by atoms with Gasteiger partial charge in [0.15, 0.2) is 0 Å². The van der Waals surface area contributed by atoms with E-state index in [1.54, 1.807) is 36.7 Å². The number of hydrogen-bond acceptors (Lipinski definition) is 5. The van der Waals surface area contributed by atoms with Crippen molar-refractivity contribution in [1.82, 2.24) is 15.8 Å². The van der Waals surface area contributed by atoms with E-state index in [-0.39, 0.29) is 12.3 Å². The number of aryl methyl sites for hydroxylation is 1. The zero-order valence-corrected chi connectivity index (χ0v) is 16.3. The van der Waals surface area contributed by atoms with Crippen molar-refractivity contribution in [2.24, 2.45) is 0 Å². The van der Waals surface area contributed by atoms with Crippen LogP contribution >= 0.6 is 0 Å². The third-order valence-corrected chi connectivity index (χ3v) is 4.43. The lowest BCUT2D eigenvalue weighted by atomic mass is 10.1. The first kappa shape index (κ1) is 20.3. The van der Waals surface area contributed by atoms with E-state index in [9.17, 15) is 9.59 Å². The van der Waals surface area contributed by atoms with E-state index >= 15 is 0 Å². The number of nitrogens with zero attached hydrogens (tertiary/aromatic N) is 1. The Kier molecular flexibility index (Phi) is 6.41. The highest BCUT2D eigenvalue weighted by molar-refractivity contribution is 5.94. The van der Waals surface area contributed by atoms with Gasteiger partial charge in [0.1, 0.15) is 12.4 Å². The highest BCUT2D eigenvalue weighted by Crippen LogP contribution is 2.21. The first-order valence-corrected chi connectivity index (χ1v) is 9.28. The molecule has 0 radical (unpaired) electrons. The van der Waals surface area contributed by atoms with Crippen molar-refractivity contribution < 1.29 is 19.5 Å². The number of hydrogen-bond donors (Lipinski definition) is 3. The molecule has 2 amide bonds. The van der Waals surface area contributed by atoms with Crippen LogP contribution in [0.3, 0.4) is 0 Å². The third kappa shape index (κ3) is 5.30. The van der Waals surface area contributed by atoms with E-state index in [2.05, 4.69) is 10.3 Å². The predicted molar refractivity (Wildman–Crippen MR) is 109 cm³/mol. The lowest BCUT2D eigenvalue weighted by molar-refractivity contribution is -0.129. The zero-order valence-electron chi connectivity index (χ0n) is 16.3. The van der Waals surface area contributed by atoms with E-state index in [1.165, 1.54) is 0 Å². The first-order valence-electron chi connectivity index (χ1n) is 9.28. The summed E-state index contributed by atoms with van der Waals surface area (Å²) in [6.07, 6.45) is -0.0112. The van der Waals surface area contributed by atoms with Gasteiger partial charge in [0.25, 0.3) is 5.91 Å². The SMILES string of the molecule is Cc1cc(COc2ccc(C(=O)NC(C)CC(=O)NO)cc2)c2ccccc2n1. The number of benzene rings is 2. The first-order chi connectivity index (χ1) is 14.0. The van der Waals surface area contributed by atoms with Crippen LogP contribution in [0, 0.1) is 6.92 Å². The molecule has 2 aromatic carbocycles. The minimum Gasteiger partial charge on any atom is -0.489 e. The Hall–Kier alpha value is -3.45. The van der Waals surface area contributed by atoms with E-state index in [0.717, 1.165) is 22.2 Å². The number of nitrogens with one attached hydrogen (secondary N) is 2. The Morgan fingerprint density at radius 1 is 1.14 bits per heavy atom. The number of ether oxygens (including phenoxy) is 1. The molecule has 1 atom stereocenters. The fraction of sp³-hybridized carbons (Fsp3) is 0.227. The van der Waals surface area contributed by atoms with Crippen LogP contribution < -0.4 is 15.5 Å². The average Bonchev–Trinajstić information content (AvgIpc) is 2.72. The molecule has 150 valence electrons. The number of rotatable bonds is 7. The molecule has 0 saturated carbocycles. The summed E-state index contributed by atoms with van der Waals surface area (Å²) in [6, 6.07) is 16.3. The molecule has 29 heavy (non-hydrogen) atoms. The van der Waals surface area contributed by atoms with Gasteiger partial charge in [-0.1, -0.05) is 18.2 Å². The molecule has 1 aromatic heterocycles. The van der Waals surface area contributed by atoms with Crippen LogP contribution in [0.2, 0.25) is 0 Å². The highest BCUT2D eigenvalue weighted by Gasteiger charge is 2.13. The lowest BCUT2D eigenvalue weighted by Crippen LogP contribution is -2.36. The summed E-state index contributed by atoms with van der Waals surface area (Å²) in [5.41, 5.74) is 4.91. The lowest BCUT2D eigenvalue weighted by Gasteiger charge is -2.13. The summed E-state index contributed by atoms with van der Waals surface area (Å²) in [6.45, 7) is 4.03. The molecule has 7 nitrogen and oxygen atoms in total. The fourth-order valence-corrected chi connectivity index (χ4v) is 3.06. The normalized spacial score (nSPS) is 11.7. The fourth-order valence-electron chi connectivity index (χ4n) is 3.06. The number of carbonyl (C=O) groups is 2. The molecule has 3 N–H and O–H groups in total. The molecule has 0 spiro atoms. The summed E-state index contributed by atoms with van der Waals surface area (Å²) in [5, 5.41) is 12.3. The number of hydroxylamine groups is 1. The van der Waals surface area contributed by atoms with Crippen LogP contribution in [0.5, 0.6) is 5.75 Å². The Morgan fingerprint density at radius 3 is 2.59 bits per heavy atom. The second-order valence-electron chi connectivity index (χ2n) is 6.87. The highest BCUT2D eigenvalue weighted by atomic mass is 16.5. The molecule has 1 heterocycles. The number of carbonyl (C=O) groups excluding carboxylic acids is 2. The van der Waals surface area contributed by atoms with Gasteiger partial charge in [-0.05, 0) is 50.2 Å². The Labute approximate surface area is 168 Å². The van der Waals surface area contributed by atoms with Gasteiger partial charge >= 0.3 is 0 Å². The maximum atomic E-state index is 12.2. The Balaban J connectivity index is 1.63. The molecule has 0 aliphatic rings. The van der Waals surface area contributed by atoms with Crippen LogP contribution in [0.15, 0.2) is 54.6 Å². The average molecular weight is 393 g/mol. The monoisotopic (exact) mass is 393 g/mol. The zero-order chi connectivity index (χ0) is 20.8. The summed E-state index contributed by atoms with van der Waals surface area (Å²) >= 11 is 0. The van der Waals surface area contributed by atoms with Crippen LogP contribution in [-0.4, -0.2) is 28.0 Å². The van der Waals surface area contributed by atoms with E-state index in [1.807, 2.05) is 37.3 Å². The third-order valence-electron chi connectivity index (χ3n) is 4.43. The molecule has 7 heteroatoms. The smallest absolute Gasteiger partial charge is 0.251 e. The maximum absolute atomic E-state index is 12.2. The summed E-state index contributed by atoms with van der Waals surface area (Å²) in [5.74, 6) is -0.209. The Bertz CT molecular complexity index is 1020. The topological polar surface area (TPSA) is 101 Å². The molecule has 0 saturated heterocycles. The number of aromatic nitrogens is 1. The van der Waals surface area contributed by atoms with Crippen molar-refractivity contribution in [2.45, 2.75) is 32.9 Å². The van der Waals surface area contributed by atoms with Gasteiger partial charge in [0.05, 0.1) is 5.52 Å². The number of amides is 2. The molecule has 0 fully saturated rings. The van der Waals surface area contributed by atoms with Crippen molar-refractivity contribution in [1.29, 1.82) is 0 Å². The standard InChI is InChI=1S/C22H23N3O4/c1-14-11-17(19-5-3-4-6-20(19)23-14)13-29-18-9-7-16(8-10-18)22(27)24-15(2)12-21(26)25-28/h3-11,15,28H,12-13H2,1-2H3,(H,24,27)(H,25,26). The largest absolute Gasteiger partial charge is 0.489 e. The van der Waals surface area contributed by atoms with Gasteiger partial charge in [0.2, 0.25) is 5.91 Å². The number of pyridine rings is 1. The molecule has 3 aromatic rings. The Morgan fingerprint density at radius 2 is 1.86 bits per heavy atom. The van der Waals surface area contributed by atoms with Gasteiger partial charge in [-0.25, -0.2) is 5.48 Å². The van der Waals surface area contributed by atoms with Gasteiger partial charge in [-0.3, -0.25) is 19.8 Å². The van der Waals surface area contributed by atoms with Crippen molar-refractivity contribution in [3.8, 4) is 5.75 Å². The molecule has 3 rings (SSSR count). The van der Waals surface area contributed by atoms with E-state index in [0.29, 0.717) is 17.9 Å². The second-order valence-corrected chi connectivity index (χ2v) is 6.87. The minimum absolute atomic E-state index is 0.0112. The van der Waals surface area contributed by atoms with Crippen LogP contribution in [-0.2, 0) is 11.4 Å². The molecule has 0 bridgehead atoms. The molecule has 0 aliphatic carbocycles. The number of para-hydroxylation sites is 1. The van der Waals surface area contributed by atoms with Crippen LogP contribution in [0.4, 0.5) is 0 Å². The van der Waals surface area contributed by atoms with Gasteiger partial charge in [-0.15, -0.1) is 0 Å². The molecular formula is C22H23N3O4. The second kappa shape index (κ2) is 9.16. The van der Waals surface area contributed by atoms with Crippen molar-refractivity contribution in [2.75, 3.05) is 0 Å². The van der Waals surface area contributed by atoms with Gasteiger partial charge in [-0.2, -0.15) is 0 Å². The summed E-state index contributed by atoms with van der Waals surface area (Å²) < 4.78 is 5.90. The summed E-state index contributed by atoms with van der Waals surface area (Å²) in [4.78, 5) is 27.9. The quantitative estimate of drug-likeness (QED) is 0.423.